The lowest BCUT2D eigenvalue weighted by Gasteiger charge is -2.23. The Balaban J connectivity index is 2.56. The number of aliphatic hydroxyl groups excluding tert-OH is 1. The molecule has 1 unspecified atom stereocenters. The fourth-order valence-electron chi connectivity index (χ4n) is 1.47. The van der Waals surface area contributed by atoms with Crippen LogP contribution in [-0.2, 0) is 6.54 Å². The van der Waals surface area contributed by atoms with Crippen LogP contribution in [0.25, 0.3) is 0 Å². The van der Waals surface area contributed by atoms with E-state index in [0.29, 0.717) is 13.1 Å². The number of hydrogen-bond acceptors (Lipinski definition) is 3. The summed E-state index contributed by atoms with van der Waals surface area (Å²) in [4.78, 5) is 11.6. The van der Waals surface area contributed by atoms with Crippen LogP contribution < -0.4 is 10.9 Å². The quantitative estimate of drug-likeness (QED) is 0.819. The van der Waals surface area contributed by atoms with E-state index in [9.17, 15) is 9.90 Å². The SMILES string of the molecule is Cc1ccn(CC(O)CNC(C)(C)C)c(=O)c1. The Morgan fingerprint density at radius 2 is 2.12 bits per heavy atom. The van der Waals surface area contributed by atoms with E-state index in [4.69, 9.17) is 0 Å². The molecule has 2 N–H and O–H groups in total. The van der Waals surface area contributed by atoms with Crippen molar-refractivity contribution in [2.75, 3.05) is 6.54 Å². The molecule has 0 bridgehead atoms. The number of β-amino-alcohol motifs (C(OH)–C–C–N with tert-alkyl or cyclic N) is 1. The fourth-order valence-corrected chi connectivity index (χ4v) is 1.47. The normalized spacial score (nSPS) is 13.7. The molecule has 0 amide bonds. The van der Waals surface area contributed by atoms with Crippen molar-refractivity contribution in [3.63, 3.8) is 0 Å². The van der Waals surface area contributed by atoms with E-state index >= 15 is 0 Å². The van der Waals surface area contributed by atoms with Crippen molar-refractivity contribution >= 4 is 0 Å². The third-order valence-electron chi connectivity index (χ3n) is 2.43. The van der Waals surface area contributed by atoms with Crippen LogP contribution in [0, 0.1) is 6.92 Å². The van der Waals surface area contributed by atoms with Crippen LogP contribution in [0.5, 0.6) is 0 Å². The Kier molecular flexibility index (Phi) is 4.48. The molecule has 0 saturated heterocycles. The summed E-state index contributed by atoms with van der Waals surface area (Å²) in [5.74, 6) is 0. The molecular formula is C13H22N2O2. The molecule has 0 aliphatic heterocycles. The Morgan fingerprint density at radius 1 is 1.47 bits per heavy atom. The highest BCUT2D eigenvalue weighted by Gasteiger charge is 2.12. The molecule has 1 aromatic rings. The zero-order valence-corrected chi connectivity index (χ0v) is 11.0. The first-order valence-corrected chi connectivity index (χ1v) is 5.88. The van der Waals surface area contributed by atoms with Gasteiger partial charge in [-0.2, -0.15) is 0 Å². The molecule has 0 saturated carbocycles. The molecule has 0 aromatic carbocycles. The van der Waals surface area contributed by atoms with Gasteiger partial charge in [-0.25, -0.2) is 0 Å². The second-order valence-corrected chi connectivity index (χ2v) is 5.48. The lowest BCUT2D eigenvalue weighted by atomic mass is 10.1. The van der Waals surface area contributed by atoms with Crippen molar-refractivity contribution in [1.82, 2.24) is 9.88 Å². The molecule has 96 valence electrons. The maximum atomic E-state index is 11.6. The van der Waals surface area contributed by atoms with Gasteiger partial charge in [-0.3, -0.25) is 4.79 Å². The smallest absolute Gasteiger partial charge is 0.250 e. The number of hydrogen-bond donors (Lipinski definition) is 2. The van der Waals surface area contributed by atoms with Crippen LogP contribution in [0.1, 0.15) is 26.3 Å². The van der Waals surface area contributed by atoms with Gasteiger partial charge in [-0.05, 0) is 39.3 Å². The molecule has 1 atom stereocenters. The molecule has 1 rings (SSSR count). The number of aromatic nitrogens is 1. The average molecular weight is 238 g/mol. The van der Waals surface area contributed by atoms with Gasteiger partial charge < -0.3 is 15.0 Å². The van der Waals surface area contributed by atoms with Gasteiger partial charge in [0.25, 0.3) is 5.56 Å². The number of pyridine rings is 1. The highest BCUT2D eigenvalue weighted by Crippen LogP contribution is 1.99. The average Bonchev–Trinajstić information content (AvgIpc) is 2.18. The molecule has 1 heterocycles. The topological polar surface area (TPSA) is 54.3 Å². The second-order valence-electron chi connectivity index (χ2n) is 5.48. The zero-order chi connectivity index (χ0) is 13.1. The number of aliphatic hydroxyl groups is 1. The fraction of sp³-hybridized carbons (Fsp3) is 0.615. The first-order valence-electron chi connectivity index (χ1n) is 5.88. The van der Waals surface area contributed by atoms with E-state index in [-0.39, 0.29) is 11.1 Å². The van der Waals surface area contributed by atoms with Crippen LogP contribution in [-0.4, -0.2) is 27.9 Å². The third-order valence-corrected chi connectivity index (χ3v) is 2.43. The van der Waals surface area contributed by atoms with E-state index < -0.39 is 6.10 Å². The van der Waals surface area contributed by atoms with Crippen LogP contribution in [0.3, 0.4) is 0 Å². The van der Waals surface area contributed by atoms with Crippen LogP contribution in [0.4, 0.5) is 0 Å². The first-order chi connectivity index (χ1) is 7.78. The van der Waals surface area contributed by atoms with E-state index in [1.54, 1.807) is 12.3 Å². The first kappa shape index (κ1) is 13.9. The molecule has 0 fully saturated rings. The van der Waals surface area contributed by atoms with E-state index in [1.165, 1.54) is 4.57 Å². The van der Waals surface area contributed by atoms with Gasteiger partial charge in [0.15, 0.2) is 0 Å². The Morgan fingerprint density at radius 3 is 2.65 bits per heavy atom. The standard InChI is InChI=1S/C13H22N2O2/c1-10-5-6-15(12(17)7-10)9-11(16)8-14-13(2,3)4/h5-7,11,14,16H,8-9H2,1-4H3. The van der Waals surface area contributed by atoms with Gasteiger partial charge in [0.2, 0.25) is 0 Å². The van der Waals surface area contributed by atoms with Gasteiger partial charge in [0.1, 0.15) is 0 Å². The van der Waals surface area contributed by atoms with Gasteiger partial charge in [-0.15, -0.1) is 0 Å². The van der Waals surface area contributed by atoms with Crippen molar-refractivity contribution < 1.29 is 5.11 Å². The minimum absolute atomic E-state index is 0.0286. The number of nitrogens with one attached hydrogen (secondary N) is 1. The van der Waals surface area contributed by atoms with Crippen molar-refractivity contribution in [2.24, 2.45) is 0 Å². The maximum Gasteiger partial charge on any atom is 0.250 e. The third kappa shape index (κ3) is 5.15. The summed E-state index contributed by atoms with van der Waals surface area (Å²) in [6.07, 6.45) is 1.16. The maximum absolute atomic E-state index is 11.6. The monoisotopic (exact) mass is 238 g/mol. The Hall–Kier alpha value is -1.13. The lowest BCUT2D eigenvalue weighted by Crippen LogP contribution is -2.42. The van der Waals surface area contributed by atoms with Crippen LogP contribution >= 0.6 is 0 Å². The molecule has 0 radical (unpaired) electrons. The van der Waals surface area contributed by atoms with E-state index in [0.717, 1.165) is 5.56 Å². The van der Waals surface area contributed by atoms with Crippen LogP contribution in [0.2, 0.25) is 0 Å². The molecule has 1 aromatic heterocycles. The zero-order valence-electron chi connectivity index (χ0n) is 11.0. The molecule has 4 nitrogen and oxygen atoms in total. The summed E-state index contributed by atoms with van der Waals surface area (Å²) >= 11 is 0. The summed E-state index contributed by atoms with van der Waals surface area (Å²) in [5.41, 5.74) is 0.840. The number of nitrogens with zero attached hydrogens (tertiary/aromatic N) is 1. The molecular weight excluding hydrogens is 216 g/mol. The van der Waals surface area contributed by atoms with Gasteiger partial charge in [0, 0.05) is 24.3 Å². The molecule has 4 heteroatoms. The van der Waals surface area contributed by atoms with Crippen molar-refractivity contribution in [2.45, 2.75) is 45.9 Å². The van der Waals surface area contributed by atoms with Gasteiger partial charge in [0.05, 0.1) is 12.6 Å². The summed E-state index contributed by atoms with van der Waals surface area (Å²) in [6.45, 7) is 8.79. The molecule has 17 heavy (non-hydrogen) atoms. The summed E-state index contributed by atoms with van der Waals surface area (Å²) in [6, 6.07) is 3.44. The molecule has 0 aliphatic carbocycles. The highest BCUT2D eigenvalue weighted by atomic mass is 16.3. The number of rotatable bonds is 4. The minimum Gasteiger partial charge on any atom is -0.390 e. The van der Waals surface area contributed by atoms with Crippen molar-refractivity contribution in [1.29, 1.82) is 0 Å². The van der Waals surface area contributed by atoms with Crippen molar-refractivity contribution in [3.05, 3.63) is 34.2 Å². The summed E-state index contributed by atoms with van der Waals surface area (Å²) in [7, 11) is 0. The van der Waals surface area contributed by atoms with E-state index in [1.807, 2.05) is 33.8 Å². The summed E-state index contributed by atoms with van der Waals surface area (Å²) in [5, 5.41) is 13.0. The van der Waals surface area contributed by atoms with E-state index in [2.05, 4.69) is 5.32 Å². The van der Waals surface area contributed by atoms with Gasteiger partial charge in [-0.1, -0.05) is 0 Å². The minimum atomic E-state index is -0.561. The second kappa shape index (κ2) is 5.47. The van der Waals surface area contributed by atoms with Gasteiger partial charge >= 0.3 is 0 Å². The largest absolute Gasteiger partial charge is 0.390 e. The Bertz CT molecular complexity index is 418. The van der Waals surface area contributed by atoms with Crippen molar-refractivity contribution in [3.8, 4) is 0 Å². The molecule has 0 aliphatic rings. The summed E-state index contributed by atoms with van der Waals surface area (Å²) < 4.78 is 1.53. The lowest BCUT2D eigenvalue weighted by molar-refractivity contribution is 0.140. The molecule has 0 spiro atoms. The predicted octanol–water partition coefficient (Wildman–Crippen LogP) is 0.906. The predicted molar refractivity (Wildman–Crippen MR) is 69.2 cm³/mol. The number of aryl methyl sites for hydroxylation is 1. The Labute approximate surface area is 102 Å². The van der Waals surface area contributed by atoms with Crippen LogP contribution in [0.15, 0.2) is 23.1 Å². The highest BCUT2D eigenvalue weighted by molar-refractivity contribution is 5.08.